The van der Waals surface area contributed by atoms with Crippen LogP contribution in [0.3, 0.4) is 0 Å². The fraction of sp³-hybridized carbons (Fsp3) is 0.238. The van der Waals surface area contributed by atoms with Gasteiger partial charge in [0.05, 0.1) is 5.70 Å². The zero-order chi connectivity index (χ0) is 16.9. The third-order valence-electron chi connectivity index (χ3n) is 4.66. The first-order valence-corrected chi connectivity index (χ1v) is 8.78. The van der Waals surface area contributed by atoms with Gasteiger partial charge in [-0.3, -0.25) is 4.99 Å². The second kappa shape index (κ2) is 7.45. The lowest BCUT2D eigenvalue weighted by molar-refractivity contribution is 0.772. The summed E-state index contributed by atoms with van der Waals surface area (Å²) in [6.07, 6.45) is 20.9. The van der Waals surface area contributed by atoms with E-state index in [2.05, 4.69) is 62.8 Å². The van der Waals surface area contributed by atoms with Crippen LogP contribution in [-0.2, 0) is 0 Å². The maximum absolute atomic E-state index is 4.42. The smallest absolute Gasteiger partial charge is 0.137 e. The Kier molecular flexibility index (Phi) is 4.70. The number of aliphatic imine (C=N–C) groups is 1. The maximum atomic E-state index is 4.42. The van der Waals surface area contributed by atoms with Crippen LogP contribution in [0.5, 0.6) is 0 Å². The monoisotopic (exact) mass is 330 g/mol. The van der Waals surface area contributed by atoms with Gasteiger partial charge in [0.2, 0.25) is 0 Å². The van der Waals surface area contributed by atoms with Crippen molar-refractivity contribution >= 4 is 17.2 Å². The van der Waals surface area contributed by atoms with Crippen molar-refractivity contribution in [3.05, 3.63) is 77.8 Å². The van der Waals surface area contributed by atoms with Gasteiger partial charge in [-0.2, -0.15) is 0 Å². The highest BCUT2D eigenvalue weighted by molar-refractivity contribution is 5.80. The van der Waals surface area contributed by atoms with Crippen LogP contribution in [0.25, 0.3) is 11.0 Å². The first-order valence-electron chi connectivity index (χ1n) is 8.78. The summed E-state index contributed by atoms with van der Waals surface area (Å²) >= 11 is 0. The molecular weight excluding hydrogens is 308 g/mol. The Morgan fingerprint density at radius 1 is 1.20 bits per heavy atom. The Hall–Kier alpha value is -2.72. The number of hydrogen-bond acceptors (Lipinski definition) is 3. The quantitative estimate of drug-likeness (QED) is 0.869. The fourth-order valence-corrected chi connectivity index (χ4v) is 3.32. The molecule has 0 aromatic carbocycles. The molecule has 0 amide bonds. The first-order chi connectivity index (χ1) is 12.4. The lowest BCUT2D eigenvalue weighted by Crippen LogP contribution is -2.20. The minimum Gasteiger partial charge on any atom is -0.346 e. The predicted molar refractivity (Wildman–Crippen MR) is 104 cm³/mol. The normalized spacial score (nSPS) is 19.8. The standard InChI is InChI=1S/C21H22N4/c1-2-4-18(23-11-3-1)15-22-14-16-5-7-17(8-6-16)19-9-12-24-21-20(19)10-13-25-21/h1,3-7,9-13,17,22H,2,8,14-15H2,(H,24,25). The van der Waals surface area contributed by atoms with Crippen molar-refractivity contribution in [1.29, 1.82) is 0 Å². The summed E-state index contributed by atoms with van der Waals surface area (Å²) in [6.45, 7) is 1.68. The van der Waals surface area contributed by atoms with Crippen LogP contribution in [0.15, 0.2) is 77.2 Å². The molecule has 126 valence electrons. The first kappa shape index (κ1) is 15.8. The number of aromatic nitrogens is 2. The van der Waals surface area contributed by atoms with Crippen molar-refractivity contribution in [2.24, 2.45) is 4.99 Å². The number of aromatic amines is 1. The number of pyridine rings is 1. The molecule has 1 aliphatic carbocycles. The lowest BCUT2D eigenvalue weighted by atomic mass is 9.89. The molecule has 2 N–H and O–H groups in total. The van der Waals surface area contributed by atoms with Crippen LogP contribution < -0.4 is 5.32 Å². The van der Waals surface area contributed by atoms with Crippen LogP contribution in [0.2, 0.25) is 0 Å². The van der Waals surface area contributed by atoms with Crippen LogP contribution in [0.1, 0.15) is 24.3 Å². The van der Waals surface area contributed by atoms with Gasteiger partial charge in [-0.1, -0.05) is 30.4 Å². The molecule has 2 aliphatic rings. The van der Waals surface area contributed by atoms with Gasteiger partial charge >= 0.3 is 0 Å². The molecule has 25 heavy (non-hydrogen) atoms. The molecule has 0 bridgehead atoms. The number of nitrogens with zero attached hydrogens (tertiary/aromatic N) is 2. The van der Waals surface area contributed by atoms with E-state index in [1.54, 1.807) is 0 Å². The van der Waals surface area contributed by atoms with Crippen molar-refractivity contribution in [2.75, 3.05) is 13.1 Å². The Labute approximate surface area is 147 Å². The number of fused-ring (bicyclic) bond motifs is 1. The summed E-state index contributed by atoms with van der Waals surface area (Å²) in [7, 11) is 0. The second-order valence-corrected chi connectivity index (χ2v) is 6.36. The number of allylic oxidation sites excluding steroid dienone is 5. The molecule has 4 heteroatoms. The van der Waals surface area contributed by atoms with E-state index in [9.17, 15) is 0 Å². The van der Waals surface area contributed by atoms with Crippen LogP contribution in [0.4, 0.5) is 0 Å². The third kappa shape index (κ3) is 3.69. The number of hydrogen-bond donors (Lipinski definition) is 2. The second-order valence-electron chi connectivity index (χ2n) is 6.36. The average molecular weight is 330 g/mol. The van der Waals surface area contributed by atoms with Crippen molar-refractivity contribution < 1.29 is 0 Å². The predicted octanol–water partition coefficient (Wildman–Crippen LogP) is 4.04. The van der Waals surface area contributed by atoms with Crippen LogP contribution in [-0.4, -0.2) is 29.3 Å². The zero-order valence-electron chi connectivity index (χ0n) is 14.2. The Balaban J connectivity index is 1.34. The highest BCUT2D eigenvalue weighted by Gasteiger charge is 2.14. The molecule has 3 heterocycles. The molecule has 0 spiro atoms. The summed E-state index contributed by atoms with van der Waals surface area (Å²) in [6, 6.07) is 4.25. The van der Waals surface area contributed by atoms with Gasteiger partial charge in [0.15, 0.2) is 0 Å². The molecular formula is C21H22N4. The van der Waals surface area contributed by atoms with Crippen molar-refractivity contribution in [3.8, 4) is 0 Å². The average Bonchev–Trinajstić information content (AvgIpc) is 2.99. The molecule has 1 unspecified atom stereocenters. The van der Waals surface area contributed by atoms with Crippen LogP contribution >= 0.6 is 0 Å². The van der Waals surface area contributed by atoms with E-state index >= 15 is 0 Å². The van der Waals surface area contributed by atoms with E-state index < -0.39 is 0 Å². The van der Waals surface area contributed by atoms with E-state index in [1.165, 1.54) is 16.5 Å². The molecule has 2 aromatic heterocycles. The molecule has 0 fully saturated rings. The van der Waals surface area contributed by atoms with E-state index in [0.717, 1.165) is 37.3 Å². The van der Waals surface area contributed by atoms with Gasteiger partial charge in [0, 0.05) is 43.0 Å². The minimum absolute atomic E-state index is 0.422. The summed E-state index contributed by atoms with van der Waals surface area (Å²) < 4.78 is 0. The third-order valence-corrected chi connectivity index (χ3v) is 4.66. The largest absolute Gasteiger partial charge is 0.346 e. The molecule has 0 saturated heterocycles. The fourth-order valence-electron chi connectivity index (χ4n) is 3.32. The lowest BCUT2D eigenvalue weighted by Gasteiger charge is -2.18. The van der Waals surface area contributed by atoms with Gasteiger partial charge < -0.3 is 10.3 Å². The highest BCUT2D eigenvalue weighted by Crippen LogP contribution is 2.30. The molecule has 0 saturated carbocycles. The molecule has 0 radical (unpaired) electrons. The van der Waals surface area contributed by atoms with Crippen molar-refractivity contribution in [1.82, 2.24) is 15.3 Å². The van der Waals surface area contributed by atoms with Gasteiger partial charge in [-0.25, -0.2) is 4.98 Å². The van der Waals surface area contributed by atoms with Gasteiger partial charge in [0.1, 0.15) is 5.65 Å². The Morgan fingerprint density at radius 2 is 2.20 bits per heavy atom. The molecule has 2 aromatic rings. The zero-order valence-corrected chi connectivity index (χ0v) is 14.2. The highest BCUT2D eigenvalue weighted by atomic mass is 14.9. The van der Waals surface area contributed by atoms with E-state index in [-0.39, 0.29) is 0 Å². The summed E-state index contributed by atoms with van der Waals surface area (Å²) in [5.41, 5.74) is 4.76. The summed E-state index contributed by atoms with van der Waals surface area (Å²) in [5, 5.41) is 4.71. The van der Waals surface area contributed by atoms with E-state index in [1.807, 2.05) is 24.7 Å². The van der Waals surface area contributed by atoms with Crippen molar-refractivity contribution in [2.45, 2.75) is 18.8 Å². The molecule has 4 nitrogen and oxygen atoms in total. The van der Waals surface area contributed by atoms with E-state index in [0.29, 0.717) is 5.92 Å². The molecule has 4 rings (SSSR count). The molecule has 1 aliphatic heterocycles. The Bertz CT molecular complexity index is 896. The van der Waals surface area contributed by atoms with Gasteiger partial charge in [-0.05, 0) is 42.2 Å². The van der Waals surface area contributed by atoms with Crippen LogP contribution in [0, 0.1) is 0 Å². The minimum atomic E-state index is 0.422. The summed E-state index contributed by atoms with van der Waals surface area (Å²) in [5.74, 6) is 0.422. The van der Waals surface area contributed by atoms with Gasteiger partial charge in [-0.15, -0.1) is 0 Å². The Morgan fingerprint density at radius 3 is 3.12 bits per heavy atom. The van der Waals surface area contributed by atoms with Gasteiger partial charge in [0.25, 0.3) is 0 Å². The number of nitrogens with one attached hydrogen (secondary N) is 2. The number of rotatable bonds is 5. The topological polar surface area (TPSA) is 53.1 Å². The molecule has 1 atom stereocenters. The van der Waals surface area contributed by atoms with E-state index in [4.69, 9.17) is 0 Å². The SMILES string of the molecule is C1=CCC=C(CNCC2=CCC(c3ccnc4[nH]ccc34)C=C2)N=C1. The summed E-state index contributed by atoms with van der Waals surface area (Å²) in [4.78, 5) is 12.0. The maximum Gasteiger partial charge on any atom is 0.137 e. The number of H-pyrrole nitrogens is 1. The van der Waals surface area contributed by atoms with Crippen molar-refractivity contribution in [3.63, 3.8) is 0 Å².